The largest absolute Gasteiger partial charge is 0.398 e. The van der Waals surface area contributed by atoms with Crippen molar-refractivity contribution in [3.8, 4) is 0 Å². The third kappa shape index (κ3) is 3.54. The number of ether oxygens (including phenoxy) is 1. The van der Waals surface area contributed by atoms with Gasteiger partial charge in [0.2, 0.25) is 0 Å². The monoisotopic (exact) mass is 271 g/mol. The van der Waals surface area contributed by atoms with Crippen LogP contribution in [-0.2, 0) is 4.74 Å². The fourth-order valence-corrected chi connectivity index (χ4v) is 3.21. The van der Waals surface area contributed by atoms with Crippen LogP contribution in [0.4, 0.5) is 5.69 Å². The van der Waals surface area contributed by atoms with E-state index in [1.54, 1.807) is 11.8 Å². The van der Waals surface area contributed by atoms with Gasteiger partial charge in [-0.15, -0.1) is 11.8 Å². The lowest BCUT2D eigenvalue weighted by Crippen LogP contribution is -2.20. The Bertz CT molecular complexity index is 408. The fraction of sp³-hybridized carbons (Fsp3) is 0.538. The molecule has 1 aliphatic rings. The van der Waals surface area contributed by atoms with Crippen molar-refractivity contribution >= 4 is 29.1 Å². The third-order valence-electron chi connectivity index (χ3n) is 2.96. The number of hydrogen-bond acceptors (Lipinski definition) is 3. The predicted octanol–water partition coefficient (Wildman–Crippen LogP) is 3.97. The van der Waals surface area contributed by atoms with Crippen LogP contribution in [-0.4, -0.2) is 17.5 Å². The van der Waals surface area contributed by atoms with E-state index in [-0.39, 0.29) is 5.60 Å². The lowest BCUT2D eigenvalue weighted by Gasteiger charge is -2.19. The number of anilines is 1. The maximum atomic E-state index is 5.98. The maximum Gasteiger partial charge on any atom is 0.0677 e. The first-order chi connectivity index (χ1) is 7.96. The summed E-state index contributed by atoms with van der Waals surface area (Å²) >= 11 is 7.76. The molecular weight excluding hydrogens is 254 g/mol. The smallest absolute Gasteiger partial charge is 0.0677 e. The van der Waals surface area contributed by atoms with E-state index < -0.39 is 0 Å². The molecule has 1 aliphatic heterocycles. The van der Waals surface area contributed by atoms with Crippen LogP contribution >= 0.6 is 23.4 Å². The van der Waals surface area contributed by atoms with Crippen LogP contribution in [0.3, 0.4) is 0 Å². The number of benzene rings is 1. The van der Waals surface area contributed by atoms with Crippen molar-refractivity contribution in [2.75, 3.05) is 11.5 Å². The van der Waals surface area contributed by atoms with Gasteiger partial charge in [-0.05, 0) is 44.9 Å². The van der Waals surface area contributed by atoms with Gasteiger partial charge in [-0.25, -0.2) is 0 Å². The van der Waals surface area contributed by atoms with Crippen LogP contribution in [0.25, 0.3) is 0 Å². The molecule has 1 saturated heterocycles. The first-order valence-corrected chi connectivity index (χ1v) is 7.18. The van der Waals surface area contributed by atoms with E-state index >= 15 is 0 Å². The standard InChI is InChI=1S/C13H18ClNOS/c1-13(2)6-5-9(16-13)8-17-10-3-4-12(15)11(14)7-10/h3-4,7,9H,5-6,8,15H2,1-2H3. The molecule has 0 amide bonds. The van der Waals surface area contributed by atoms with Crippen molar-refractivity contribution in [3.05, 3.63) is 23.2 Å². The third-order valence-corrected chi connectivity index (χ3v) is 4.41. The van der Waals surface area contributed by atoms with Gasteiger partial charge in [-0.3, -0.25) is 0 Å². The van der Waals surface area contributed by atoms with E-state index in [1.807, 2.05) is 18.2 Å². The van der Waals surface area contributed by atoms with Crippen molar-refractivity contribution in [1.82, 2.24) is 0 Å². The Hall–Kier alpha value is -0.380. The highest BCUT2D eigenvalue weighted by molar-refractivity contribution is 7.99. The van der Waals surface area contributed by atoms with Gasteiger partial charge >= 0.3 is 0 Å². The number of nitrogens with two attached hydrogens (primary N) is 1. The van der Waals surface area contributed by atoms with Crippen molar-refractivity contribution < 1.29 is 4.74 Å². The molecule has 2 rings (SSSR count). The second kappa shape index (κ2) is 5.09. The van der Waals surface area contributed by atoms with Crippen LogP contribution in [0.5, 0.6) is 0 Å². The summed E-state index contributed by atoms with van der Waals surface area (Å²) in [5.41, 5.74) is 6.36. The van der Waals surface area contributed by atoms with E-state index in [9.17, 15) is 0 Å². The first-order valence-electron chi connectivity index (χ1n) is 5.82. The minimum atomic E-state index is 0.0456. The second-order valence-electron chi connectivity index (χ2n) is 5.03. The topological polar surface area (TPSA) is 35.2 Å². The molecule has 1 fully saturated rings. The molecule has 17 heavy (non-hydrogen) atoms. The van der Waals surface area contributed by atoms with Gasteiger partial charge in [0.05, 0.1) is 22.4 Å². The summed E-state index contributed by atoms with van der Waals surface area (Å²) in [4.78, 5) is 1.15. The quantitative estimate of drug-likeness (QED) is 0.667. The summed E-state index contributed by atoms with van der Waals surface area (Å²) < 4.78 is 5.95. The first kappa shape index (κ1) is 13.1. The van der Waals surface area contributed by atoms with Gasteiger partial charge in [0, 0.05) is 10.6 Å². The number of thioether (sulfide) groups is 1. The Kier molecular flexibility index (Phi) is 3.91. The molecule has 0 saturated carbocycles. The van der Waals surface area contributed by atoms with Gasteiger partial charge < -0.3 is 10.5 Å². The van der Waals surface area contributed by atoms with Crippen LogP contribution in [0.2, 0.25) is 5.02 Å². The zero-order chi connectivity index (χ0) is 12.5. The molecule has 2 nitrogen and oxygen atoms in total. The summed E-state index contributed by atoms with van der Waals surface area (Å²) in [6, 6.07) is 5.78. The molecular formula is C13H18ClNOS. The fourth-order valence-electron chi connectivity index (χ4n) is 1.98. The van der Waals surface area contributed by atoms with E-state index in [4.69, 9.17) is 22.1 Å². The lowest BCUT2D eigenvalue weighted by atomic mass is 10.1. The summed E-state index contributed by atoms with van der Waals surface area (Å²) in [6.45, 7) is 4.30. The highest BCUT2D eigenvalue weighted by atomic mass is 35.5. The average Bonchev–Trinajstić information content (AvgIpc) is 2.60. The van der Waals surface area contributed by atoms with E-state index in [1.165, 1.54) is 0 Å². The van der Waals surface area contributed by atoms with Crippen molar-refractivity contribution in [2.45, 2.75) is 43.3 Å². The molecule has 4 heteroatoms. The van der Waals surface area contributed by atoms with Crippen molar-refractivity contribution in [1.29, 1.82) is 0 Å². The molecule has 1 aromatic carbocycles. The molecule has 1 heterocycles. The highest BCUT2D eigenvalue weighted by Crippen LogP contribution is 2.33. The number of rotatable bonds is 3. The van der Waals surface area contributed by atoms with Crippen LogP contribution in [0, 0.1) is 0 Å². The average molecular weight is 272 g/mol. The van der Waals surface area contributed by atoms with Crippen LogP contribution < -0.4 is 5.73 Å². The molecule has 0 bridgehead atoms. The van der Waals surface area contributed by atoms with Crippen LogP contribution in [0.1, 0.15) is 26.7 Å². The Morgan fingerprint density at radius 2 is 2.29 bits per heavy atom. The molecule has 1 atom stereocenters. The minimum absolute atomic E-state index is 0.0456. The summed E-state index contributed by atoms with van der Waals surface area (Å²) in [5.74, 6) is 0.976. The molecule has 0 radical (unpaired) electrons. The zero-order valence-corrected chi connectivity index (χ0v) is 11.8. The highest BCUT2D eigenvalue weighted by Gasteiger charge is 2.31. The van der Waals surface area contributed by atoms with Gasteiger partial charge in [0.15, 0.2) is 0 Å². The van der Waals surface area contributed by atoms with Gasteiger partial charge in [-0.1, -0.05) is 11.6 Å². The van der Waals surface area contributed by atoms with E-state index in [0.29, 0.717) is 16.8 Å². The lowest BCUT2D eigenvalue weighted by molar-refractivity contribution is -0.00466. The maximum absolute atomic E-state index is 5.98. The van der Waals surface area contributed by atoms with Crippen molar-refractivity contribution in [3.63, 3.8) is 0 Å². The van der Waals surface area contributed by atoms with Gasteiger partial charge in [-0.2, -0.15) is 0 Å². The SMILES string of the molecule is CC1(C)CCC(CSc2ccc(N)c(Cl)c2)O1. The number of hydrogen-bond donors (Lipinski definition) is 1. The second-order valence-corrected chi connectivity index (χ2v) is 6.53. The van der Waals surface area contributed by atoms with Gasteiger partial charge in [0.1, 0.15) is 0 Å². The van der Waals surface area contributed by atoms with Crippen molar-refractivity contribution in [2.24, 2.45) is 0 Å². The Labute approximate surface area is 112 Å². The summed E-state index contributed by atoms with van der Waals surface area (Å²) in [7, 11) is 0. The molecule has 2 N–H and O–H groups in total. The van der Waals surface area contributed by atoms with Crippen LogP contribution in [0.15, 0.2) is 23.1 Å². The predicted molar refractivity (Wildman–Crippen MR) is 74.8 cm³/mol. The Balaban J connectivity index is 1.88. The number of nitrogen functional groups attached to an aromatic ring is 1. The molecule has 94 valence electrons. The molecule has 1 unspecified atom stereocenters. The van der Waals surface area contributed by atoms with Gasteiger partial charge in [0.25, 0.3) is 0 Å². The summed E-state index contributed by atoms with van der Waals surface area (Å²) in [5, 5.41) is 0.627. The number of halogens is 1. The van der Waals surface area contributed by atoms with E-state index in [2.05, 4.69) is 13.8 Å². The molecule has 0 aliphatic carbocycles. The normalized spacial score (nSPS) is 22.9. The Morgan fingerprint density at radius 3 is 2.88 bits per heavy atom. The van der Waals surface area contributed by atoms with E-state index in [0.717, 1.165) is 23.5 Å². The Morgan fingerprint density at radius 1 is 1.53 bits per heavy atom. The molecule has 1 aromatic rings. The molecule has 0 spiro atoms. The zero-order valence-electron chi connectivity index (χ0n) is 10.2. The molecule has 0 aromatic heterocycles. The minimum Gasteiger partial charge on any atom is -0.398 e. The summed E-state index contributed by atoms with van der Waals surface area (Å²) in [6.07, 6.45) is 2.63.